The van der Waals surface area contributed by atoms with Crippen LogP contribution in [0.3, 0.4) is 0 Å². The standard InChI is InChI=1S/C15H20ClN3O2S2/c1-2-21-13(20)9-10-11(16)5-6-12(14(10)22)18-15(23)19-8-4-3-7-17-19/h5-6,17,22H,2-4,7-9H2,1H3,(H,18,23). The van der Waals surface area contributed by atoms with E-state index in [0.29, 0.717) is 27.2 Å². The van der Waals surface area contributed by atoms with Gasteiger partial charge in [0.15, 0.2) is 5.11 Å². The average Bonchev–Trinajstić information content (AvgIpc) is 2.55. The maximum absolute atomic E-state index is 11.7. The number of anilines is 1. The number of carbonyl (C=O) groups is 1. The molecule has 0 amide bonds. The lowest BCUT2D eigenvalue weighted by atomic mass is 10.1. The van der Waals surface area contributed by atoms with Crippen molar-refractivity contribution in [2.24, 2.45) is 0 Å². The van der Waals surface area contributed by atoms with Gasteiger partial charge in [0.05, 0.1) is 18.7 Å². The highest BCUT2D eigenvalue weighted by Gasteiger charge is 2.17. The van der Waals surface area contributed by atoms with Crippen LogP contribution >= 0.6 is 36.4 Å². The summed E-state index contributed by atoms with van der Waals surface area (Å²) in [4.78, 5) is 12.3. The van der Waals surface area contributed by atoms with E-state index in [2.05, 4.69) is 23.4 Å². The van der Waals surface area contributed by atoms with Crippen molar-refractivity contribution < 1.29 is 9.53 Å². The Morgan fingerprint density at radius 2 is 2.30 bits per heavy atom. The number of halogens is 1. The van der Waals surface area contributed by atoms with Crippen LogP contribution in [0.4, 0.5) is 5.69 Å². The fourth-order valence-electron chi connectivity index (χ4n) is 2.28. The van der Waals surface area contributed by atoms with Gasteiger partial charge >= 0.3 is 5.97 Å². The zero-order chi connectivity index (χ0) is 16.8. The van der Waals surface area contributed by atoms with Crippen LogP contribution in [0.1, 0.15) is 25.3 Å². The number of nitrogens with zero attached hydrogens (tertiary/aromatic N) is 1. The quantitative estimate of drug-likeness (QED) is 0.428. The number of esters is 1. The SMILES string of the molecule is CCOC(=O)Cc1c(Cl)ccc(NC(=S)N2CCCCN2)c1S. The molecule has 0 aromatic heterocycles. The molecule has 1 saturated heterocycles. The molecule has 0 spiro atoms. The molecule has 1 aromatic carbocycles. The Morgan fingerprint density at radius 1 is 1.52 bits per heavy atom. The molecular formula is C15H20ClN3O2S2. The number of benzene rings is 1. The van der Waals surface area contributed by atoms with Gasteiger partial charge in [0.25, 0.3) is 0 Å². The topological polar surface area (TPSA) is 53.6 Å². The summed E-state index contributed by atoms with van der Waals surface area (Å²) >= 11 is 16.1. The van der Waals surface area contributed by atoms with E-state index in [0.717, 1.165) is 31.6 Å². The summed E-state index contributed by atoms with van der Waals surface area (Å²) < 4.78 is 4.98. The summed E-state index contributed by atoms with van der Waals surface area (Å²) in [6.07, 6.45) is 2.31. The number of ether oxygens (including phenoxy) is 1. The molecule has 1 heterocycles. The Bertz CT molecular complexity index is 592. The monoisotopic (exact) mass is 373 g/mol. The van der Waals surface area contributed by atoms with Crippen LogP contribution in [0, 0.1) is 0 Å². The van der Waals surface area contributed by atoms with Crippen molar-refractivity contribution in [3.63, 3.8) is 0 Å². The molecule has 0 bridgehead atoms. The number of hydrogen-bond donors (Lipinski definition) is 3. The number of nitrogens with one attached hydrogen (secondary N) is 2. The molecule has 0 unspecified atom stereocenters. The van der Waals surface area contributed by atoms with Crippen LogP contribution in [0.25, 0.3) is 0 Å². The number of hydrazine groups is 1. The molecule has 0 radical (unpaired) electrons. The van der Waals surface area contributed by atoms with Crippen LogP contribution < -0.4 is 10.7 Å². The number of hydrogen-bond acceptors (Lipinski definition) is 5. The highest BCUT2D eigenvalue weighted by Crippen LogP contribution is 2.31. The van der Waals surface area contributed by atoms with Gasteiger partial charge in [0.1, 0.15) is 0 Å². The summed E-state index contributed by atoms with van der Waals surface area (Å²) in [6.45, 7) is 3.87. The van der Waals surface area contributed by atoms with Crippen molar-refractivity contribution >= 4 is 53.2 Å². The van der Waals surface area contributed by atoms with E-state index in [1.54, 1.807) is 19.1 Å². The van der Waals surface area contributed by atoms with Gasteiger partial charge in [-0.2, -0.15) is 0 Å². The third-order valence-corrected chi connectivity index (χ3v) is 4.64. The minimum Gasteiger partial charge on any atom is -0.466 e. The first-order chi connectivity index (χ1) is 11.0. The predicted octanol–water partition coefficient (Wildman–Crippen LogP) is 3.03. The molecular weight excluding hydrogens is 354 g/mol. The molecule has 0 aliphatic carbocycles. The van der Waals surface area contributed by atoms with Crippen molar-refractivity contribution in [3.05, 3.63) is 22.7 Å². The summed E-state index contributed by atoms with van der Waals surface area (Å²) in [5.41, 5.74) is 4.59. The largest absolute Gasteiger partial charge is 0.466 e. The zero-order valence-electron chi connectivity index (χ0n) is 12.9. The van der Waals surface area contributed by atoms with Crippen molar-refractivity contribution in [1.29, 1.82) is 0 Å². The Balaban J connectivity index is 2.12. The first kappa shape index (κ1) is 18.3. The van der Waals surface area contributed by atoms with E-state index in [4.69, 9.17) is 28.6 Å². The van der Waals surface area contributed by atoms with Gasteiger partial charge in [0.2, 0.25) is 0 Å². The van der Waals surface area contributed by atoms with Crippen LogP contribution in [-0.2, 0) is 16.0 Å². The number of thiol groups is 1. The average molecular weight is 374 g/mol. The van der Waals surface area contributed by atoms with Crippen molar-refractivity contribution in [2.75, 3.05) is 25.0 Å². The summed E-state index contributed by atoms with van der Waals surface area (Å²) in [5, 5.41) is 6.12. The van der Waals surface area contributed by atoms with Crippen molar-refractivity contribution in [3.8, 4) is 0 Å². The zero-order valence-corrected chi connectivity index (χ0v) is 15.4. The van der Waals surface area contributed by atoms with E-state index in [-0.39, 0.29) is 12.4 Å². The van der Waals surface area contributed by atoms with E-state index < -0.39 is 0 Å². The molecule has 126 valence electrons. The molecule has 5 nitrogen and oxygen atoms in total. The van der Waals surface area contributed by atoms with E-state index in [1.165, 1.54) is 0 Å². The van der Waals surface area contributed by atoms with Gasteiger partial charge in [-0.15, -0.1) is 12.6 Å². The molecule has 1 aliphatic rings. The molecule has 2 rings (SSSR count). The van der Waals surface area contributed by atoms with Crippen molar-refractivity contribution in [2.45, 2.75) is 31.1 Å². The van der Waals surface area contributed by atoms with Gasteiger partial charge < -0.3 is 10.1 Å². The number of carbonyl (C=O) groups excluding carboxylic acids is 1. The molecule has 23 heavy (non-hydrogen) atoms. The van der Waals surface area contributed by atoms with Crippen LogP contribution in [0.2, 0.25) is 5.02 Å². The Morgan fingerprint density at radius 3 is 2.96 bits per heavy atom. The summed E-state index contributed by atoms with van der Waals surface area (Å²) in [5.74, 6) is -0.331. The van der Waals surface area contributed by atoms with Gasteiger partial charge in [-0.25, -0.2) is 5.43 Å². The third-order valence-electron chi connectivity index (χ3n) is 3.45. The van der Waals surface area contributed by atoms with Gasteiger partial charge in [-0.1, -0.05) is 11.6 Å². The minimum atomic E-state index is -0.331. The second-order valence-corrected chi connectivity index (χ2v) is 6.34. The second-order valence-electron chi connectivity index (χ2n) is 5.10. The fourth-order valence-corrected chi connectivity index (χ4v) is 3.17. The molecule has 1 fully saturated rings. The highest BCUT2D eigenvalue weighted by atomic mass is 35.5. The molecule has 8 heteroatoms. The lowest BCUT2D eigenvalue weighted by Gasteiger charge is -2.30. The van der Waals surface area contributed by atoms with Gasteiger partial charge in [-0.05, 0) is 49.7 Å². The van der Waals surface area contributed by atoms with Crippen LogP contribution in [0.5, 0.6) is 0 Å². The van der Waals surface area contributed by atoms with Crippen molar-refractivity contribution in [1.82, 2.24) is 10.4 Å². The molecule has 1 aromatic rings. The predicted molar refractivity (Wildman–Crippen MR) is 99.2 cm³/mol. The Labute approximate surface area is 152 Å². The molecule has 0 saturated carbocycles. The lowest BCUT2D eigenvalue weighted by Crippen LogP contribution is -2.48. The summed E-state index contributed by atoms with van der Waals surface area (Å²) in [6, 6.07) is 3.53. The maximum atomic E-state index is 11.7. The van der Waals surface area contributed by atoms with Gasteiger partial charge in [0, 0.05) is 23.0 Å². The highest BCUT2D eigenvalue weighted by molar-refractivity contribution is 7.81. The molecule has 0 atom stereocenters. The molecule has 2 N–H and O–H groups in total. The molecule has 1 aliphatic heterocycles. The minimum absolute atomic E-state index is 0.0791. The van der Waals surface area contributed by atoms with E-state index >= 15 is 0 Å². The number of thiocarbonyl (C=S) groups is 1. The first-order valence-electron chi connectivity index (χ1n) is 7.51. The smallest absolute Gasteiger partial charge is 0.310 e. The van der Waals surface area contributed by atoms with Crippen LogP contribution in [0.15, 0.2) is 17.0 Å². The van der Waals surface area contributed by atoms with Crippen LogP contribution in [-0.4, -0.2) is 35.8 Å². The second kappa shape index (κ2) is 8.73. The summed E-state index contributed by atoms with van der Waals surface area (Å²) in [7, 11) is 0. The van der Waals surface area contributed by atoms with E-state index in [1.807, 2.05) is 5.01 Å². The first-order valence-corrected chi connectivity index (χ1v) is 8.74. The number of rotatable bonds is 4. The Hall–Kier alpha value is -1.02. The normalized spacial score (nSPS) is 14.5. The fraction of sp³-hybridized carbons (Fsp3) is 0.467. The maximum Gasteiger partial charge on any atom is 0.310 e. The van der Waals surface area contributed by atoms with E-state index in [9.17, 15) is 4.79 Å². The van der Waals surface area contributed by atoms with Gasteiger partial charge in [-0.3, -0.25) is 9.80 Å². The third kappa shape index (κ3) is 4.97. The lowest BCUT2D eigenvalue weighted by molar-refractivity contribution is -0.142. The Kier molecular flexibility index (Phi) is 6.95.